The summed E-state index contributed by atoms with van der Waals surface area (Å²) in [5, 5.41) is 9.72. The smallest absolute Gasteiger partial charge is 0.180 e. The molecule has 0 spiro atoms. The van der Waals surface area contributed by atoms with E-state index < -0.39 is 5.83 Å². The Hall–Kier alpha value is -2.10. The SMILES string of the molecule is N=C/C(F)=C(\N)NC(Cc1ccccc1)=C1CC1. The minimum atomic E-state index is -0.734. The predicted molar refractivity (Wildman–Crippen MR) is 70.6 cm³/mol. The van der Waals surface area contributed by atoms with Crippen LogP contribution < -0.4 is 11.1 Å². The number of hydrogen-bond donors (Lipinski definition) is 3. The third kappa shape index (κ3) is 3.20. The molecule has 94 valence electrons. The molecule has 1 aromatic rings. The molecule has 0 saturated heterocycles. The van der Waals surface area contributed by atoms with Crippen molar-refractivity contribution >= 4 is 6.21 Å². The average molecular weight is 245 g/mol. The standard InChI is InChI=1S/C14H16FN3/c15-12(9-16)14(17)18-13(11-6-7-11)8-10-4-2-1-3-5-10/h1-5,9,16,18H,6-8,17H2/b14-12-,16-9?. The van der Waals surface area contributed by atoms with E-state index in [2.05, 4.69) is 5.32 Å². The van der Waals surface area contributed by atoms with Gasteiger partial charge in [0.05, 0.1) is 6.21 Å². The average Bonchev–Trinajstić information content (AvgIpc) is 3.22. The molecule has 4 heteroatoms. The van der Waals surface area contributed by atoms with Gasteiger partial charge in [-0.1, -0.05) is 30.3 Å². The Labute approximate surface area is 106 Å². The first-order valence-corrected chi connectivity index (χ1v) is 5.88. The summed E-state index contributed by atoms with van der Waals surface area (Å²) >= 11 is 0. The topological polar surface area (TPSA) is 61.9 Å². The molecule has 1 aromatic carbocycles. The van der Waals surface area contributed by atoms with Crippen molar-refractivity contribution in [2.45, 2.75) is 19.3 Å². The first-order valence-electron chi connectivity index (χ1n) is 5.88. The van der Waals surface area contributed by atoms with Crippen LogP contribution in [0.25, 0.3) is 0 Å². The molecule has 2 rings (SSSR count). The molecular formula is C14H16FN3. The number of benzene rings is 1. The van der Waals surface area contributed by atoms with E-state index in [1.165, 1.54) is 5.57 Å². The molecular weight excluding hydrogens is 229 g/mol. The molecule has 18 heavy (non-hydrogen) atoms. The summed E-state index contributed by atoms with van der Waals surface area (Å²) in [5.74, 6) is -0.822. The van der Waals surface area contributed by atoms with E-state index in [4.69, 9.17) is 11.1 Å². The molecule has 4 N–H and O–H groups in total. The summed E-state index contributed by atoms with van der Waals surface area (Å²) in [7, 11) is 0. The van der Waals surface area contributed by atoms with E-state index in [0.717, 1.165) is 24.1 Å². The first-order chi connectivity index (χ1) is 8.70. The van der Waals surface area contributed by atoms with Gasteiger partial charge in [-0.05, 0) is 24.0 Å². The van der Waals surface area contributed by atoms with Gasteiger partial charge in [-0.2, -0.15) is 0 Å². The highest BCUT2D eigenvalue weighted by molar-refractivity contribution is 5.73. The van der Waals surface area contributed by atoms with Gasteiger partial charge in [0, 0.05) is 12.1 Å². The molecule has 3 nitrogen and oxygen atoms in total. The molecule has 0 aliphatic heterocycles. The van der Waals surface area contributed by atoms with Crippen molar-refractivity contribution in [3.63, 3.8) is 0 Å². The number of nitrogens with one attached hydrogen (secondary N) is 2. The fourth-order valence-electron chi connectivity index (χ4n) is 1.72. The van der Waals surface area contributed by atoms with E-state index in [1.807, 2.05) is 30.3 Å². The van der Waals surface area contributed by atoms with E-state index in [-0.39, 0.29) is 5.82 Å². The number of allylic oxidation sites excluding steroid dienone is 3. The molecule has 0 radical (unpaired) electrons. The van der Waals surface area contributed by atoms with Crippen LogP contribution in [0, 0.1) is 5.41 Å². The molecule has 0 atom stereocenters. The predicted octanol–water partition coefficient (Wildman–Crippen LogP) is 2.61. The lowest BCUT2D eigenvalue weighted by molar-refractivity contribution is 0.653. The maximum Gasteiger partial charge on any atom is 0.180 e. The van der Waals surface area contributed by atoms with Crippen LogP contribution in [0.1, 0.15) is 18.4 Å². The third-order valence-electron chi connectivity index (χ3n) is 2.82. The summed E-state index contributed by atoms with van der Waals surface area (Å²) in [5.41, 5.74) is 8.94. The Morgan fingerprint density at radius 1 is 1.33 bits per heavy atom. The highest BCUT2D eigenvalue weighted by Gasteiger charge is 2.18. The van der Waals surface area contributed by atoms with Gasteiger partial charge >= 0.3 is 0 Å². The second-order valence-electron chi connectivity index (χ2n) is 4.28. The van der Waals surface area contributed by atoms with Gasteiger partial charge in [0.25, 0.3) is 0 Å². The van der Waals surface area contributed by atoms with Crippen molar-refractivity contribution in [2.75, 3.05) is 0 Å². The van der Waals surface area contributed by atoms with Crippen LogP contribution in [0.4, 0.5) is 4.39 Å². The normalized spacial score (nSPS) is 14.8. The second-order valence-corrected chi connectivity index (χ2v) is 4.28. The molecule has 1 aliphatic carbocycles. The van der Waals surface area contributed by atoms with Crippen molar-refractivity contribution in [3.8, 4) is 0 Å². The van der Waals surface area contributed by atoms with Gasteiger partial charge in [-0.3, -0.25) is 0 Å². The van der Waals surface area contributed by atoms with E-state index >= 15 is 0 Å². The van der Waals surface area contributed by atoms with Gasteiger partial charge in [0.2, 0.25) is 0 Å². The van der Waals surface area contributed by atoms with Crippen LogP contribution >= 0.6 is 0 Å². The van der Waals surface area contributed by atoms with Crippen molar-refractivity contribution in [3.05, 3.63) is 58.8 Å². The lowest BCUT2D eigenvalue weighted by atomic mass is 10.1. The fourth-order valence-corrected chi connectivity index (χ4v) is 1.72. The Morgan fingerprint density at radius 2 is 2.00 bits per heavy atom. The molecule has 0 aromatic heterocycles. The molecule has 0 bridgehead atoms. The third-order valence-corrected chi connectivity index (χ3v) is 2.82. The van der Waals surface area contributed by atoms with Crippen molar-refractivity contribution in [2.24, 2.45) is 5.73 Å². The van der Waals surface area contributed by atoms with Gasteiger partial charge in [-0.25, -0.2) is 4.39 Å². The Bertz CT molecular complexity index is 497. The summed E-state index contributed by atoms with van der Waals surface area (Å²) in [6.07, 6.45) is 3.39. The summed E-state index contributed by atoms with van der Waals surface area (Å²) in [6, 6.07) is 9.96. The molecule has 1 aliphatic rings. The maximum atomic E-state index is 13.1. The largest absolute Gasteiger partial charge is 0.383 e. The first kappa shape index (κ1) is 12.4. The zero-order chi connectivity index (χ0) is 13.0. The Morgan fingerprint density at radius 3 is 2.56 bits per heavy atom. The molecule has 1 saturated carbocycles. The van der Waals surface area contributed by atoms with Gasteiger partial charge < -0.3 is 16.5 Å². The van der Waals surface area contributed by atoms with Crippen LogP contribution in [0.2, 0.25) is 0 Å². The Kier molecular flexibility index (Phi) is 3.77. The lowest BCUT2D eigenvalue weighted by Gasteiger charge is -2.11. The van der Waals surface area contributed by atoms with Crippen molar-refractivity contribution in [1.29, 1.82) is 5.41 Å². The zero-order valence-corrected chi connectivity index (χ0v) is 10.0. The van der Waals surface area contributed by atoms with Gasteiger partial charge in [-0.15, -0.1) is 0 Å². The zero-order valence-electron chi connectivity index (χ0n) is 10.0. The van der Waals surface area contributed by atoms with E-state index in [9.17, 15) is 4.39 Å². The molecule has 1 fully saturated rings. The van der Waals surface area contributed by atoms with Crippen LogP contribution in [0.5, 0.6) is 0 Å². The van der Waals surface area contributed by atoms with Crippen LogP contribution in [0.15, 0.2) is 53.2 Å². The van der Waals surface area contributed by atoms with Gasteiger partial charge in [0.15, 0.2) is 5.83 Å². The summed E-state index contributed by atoms with van der Waals surface area (Å²) in [4.78, 5) is 0. The van der Waals surface area contributed by atoms with Crippen LogP contribution in [0.3, 0.4) is 0 Å². The quantitative estimate of drug-likeness (QED) is 0.698. The maximum absolute atomic E-state index is 13.1. The summed E-state index contributed by atoms with van der Waals surface area (Å²) < 4.78 is 13.1. The fraction of sp³-hybridized carbons (Fsp3) is 0.214. The minimum Gasteiger partial charge on any atom is -0.383 e. The highest BCUT2D eigenvalue weighted by Crippen LogP contribution is 2.32. The highest BCUT2D eigenvalue weighted by atomic mass is 19.1. The van der Waals surface area contributed by atoms with Crippen molar-refractivity contribution in [1.82, 2.24) is 5.32 Å². The second kappa shape index (κ2) is 5.49. The monoisotopic (exact) mass is 245 g/mol. The number of rotatable bonds is 5. The molecule has 0 amide bonds. The van der Waals surface area contributed by atoms with Crippen LogP contribution in [-0.4, -0.2) is 6.21 Å². The lowest BCUT2D eigenvalue weighted by Crippen LogP contribution is -2.22. The van der Waals surface area contributed by atoms with Gasteiger partial charge in [0.1, 0.15) is 5.82 Å². The number of hydrogen-bond acceptors (Lipinski definition) is 3. The molecule has 0 heterocycles. The van der Waals surface area contributed by atoms with Crippen molar-refractivity contribution < 1.29 is 4.39 Å². The summed E-state index contributed by atoms with van der Waals surface area (Å²) in [6.45, 7) is 0. The van der Waals surface area contributed by atoms with Crippen LogP contribution in [-0.2, 0) is 6.42 Å². The van der Waals surface area contributed by atoms with E-state index in [0.29, 0.717) is 12.6 Å². The molecule has 0 unspecified atom stereocenters. The minimum absolute atomic E-state index is 0.0877. The number of nitrogens with two attached hydrogens (primary N) is 1. The van der Waals surface area contributed by atoms with E-state index in [1.54, 1.807) is 0 Å². The Balaban J connectivity index is 2.13. The number of halogens is 1.